The van der Waals surface area contributed by atoms with Gasteiger partial charge in [-0.15, -0.1) is 0 Å². The average Bonchev–Trinajstić information content (AvgIpc) is 3.21. The zero-order valence-electron chi connectivity index (χ0n) is 15.5. The minimum Gasteiger partial charge on any atom is -0.457 e. The summed E-state index contributed by atoms with van der Waals surface area (Å²) in [5.74, 6) is -0.581. The zero-order chi connectivity index (χ0) is 21.3. The number of nitrogens with one attached hydrogen (secondary N) is 1. The smallest absolute Gasteiger partial charge is 0.320 e. The first-order valence-electron chi connectivity index (χ1n) is 8.93. The number of esters is 1. The number of hydrogen-bond donors (Lipinski definition) is 1. The number of rotatable bonds is 6. The van der Waals surface area contributed by atoms with Crippen LogP contribution < -0.4 is 4.72 Å². The van der Waals surface area contributed by atoms with Gasteiger partial charge in [0.25, 0.3) is 10.0 Å². The Morgan fingerprint density at radius 1 is 1.17 bits per heavy atom. The van der Waals surface area contributed by atoms with Crippen molar-refractivity contribution in [2.24, 2.45) is 4.99 Å². The van der Waals surface area contributed by atoms with Crippen LogP contribution in [0.25, 0.3) is 11.0 Å². The topological polar surface area (TPSA) is 103 Å². The molecule has 0 bridgehead atoms. The monoisotopic (exact) mass is 434 g/mol. The number of nitrogens with zero attached hydrogens (tertiary/aromatic N) is 3. The van der Waals surface area contributed by atoms with Gasteiger partial charge in [0.2, 0.25) is 0 Å². The molecule has 0 aliphatic carbocycles. The van der Waals surface area contributed by atoms with Crippen LogP contribution in [0.4, 0.5) is 8.78 Å². The van der Waals surface area contributed by atoms with E-state index in [4.69, 9.17) is 4.74 Å². The molecular weight excluding hydrogens is 418 g/mol. The van der Waals surface area contributed by atoms with Crippen LogP contribution in [0.5, 0.6) is 0 Å². The number of ether oxygens (including phenoxy) is 1. The van der Waals surface area contributed by atoms with Gasteiger partial charge in [0.1, 0.15) is 12.4 Å². The van der Waals surface area contributed by atoms with E-state index in [-0.39, 0.29) is 35.0 Å². The van der Waals surface area contributed by atoms with Gasteiger partial charge in [-0.1, -0.05) is 24.3 Å². The summed E-state index contributed by atoms with van der Waals surface area (Å²) < 4.78 is 58.9. The fourth-order valence-corrected chi connectivity index (χ4v) is 4.39. The van der Waals surface area contributed by atoms with Crippen LogP contribution in [-0.4, -0.2) is 36.3 Å². The molecule has 0 atom stereocenters. The maximum Gasteiger partial charge on any atom is 0.320 e. The Bertz CT molecular complexity index is 1250. The predicted octanol–water partition coefficient (Wildman–Crippen LogP) is 2.60. The molecule has 0 amide bonds. The molecule has 11 heteroatoms. The average molecular weight is 434 g/mol. The Morgan fingerprint density at radius 2 is 1.90 bits per heavy atom. The summed E-state index contributed by atoms with van der Waals surface area (Å²) in [5, 5.41) is 0. The van der Waals surface area contributed by atoms with Crippen molar-refractivity contribution in [3.63, 3.8) is 0 Å². The van der Waals surface area contributed by atoms with Crippen molar-refractivity contribution in [1.82, 2.24) is 14.3 Å². The third-order valence-corrected chi connectivity index (χ3v) is 5.87. The fraction of sp³-hybridized carbons (Fsp3) is 0.211. The van der Waals surface area contributed by atoms with E-state index in [0.717, 1.165) is 0 Å². The van der Waals surface area contributed by atoms with E-state index in [0.29, 0.717) is 15.6 Å². The molecule has 1 aliphatic heterocycles. The van der Waals surface area contributed by atoms with Gasteiger partial charge >= 0.3 is 12.5 Å². The number of imidazole rings is 1. The van der Waals surface area contributed by atoms with E-state index in [1.165, 1.54) is 12.1 Å². The van der Waals surface area contributed by atoms with Crippen molar-refractivity contribution >= 4 is 32.9 Å². The molecule has 156 valence electrons. The lowest BCUT2D eigenvalue weighted by Crippen LogP contribution is -2.22. The van der Waals surface area contributed by atoms with Crippen LogP contribution in [0, 0.1) is 0 Å². The predicted molar refractivity (Wildman–Crippen MR) is 104 cm³/mol. The van der Waals surface area contributed by atoms with Gasteiger partial charge in [0, 0.05) is 5.56 Å². The van der Waals surface area contributed by atoms with E-state index in [9.17, 15) is 22.0 Å². The number of amidine groups is 1. The Balaban J connectivity index is 1.40. The number of benzene rings is 2. The molecule has 1 aliphatic rings. The molecule has 4 rings (SSSR count). The van der Waals surface area contributed by atoms with Crippen LogP contribution in [0.1, 0.15) is 24.4 Å². The van der Waals surface area contributed by atoms with Crippen LogP contribution in [0.15, 0.2) is 58.4 Å². The molecule has 0 saturated heterocycles. The quantitative estimate of drug-likeness (QED) is 0.601. The van der Waals surface area contributed by atoms with Crippen molar-refractivity contribution in [1.29, 1.82) is 0 Å². The Kier molecular flexibility index (Phi) is 5.20. The molecule has 0 radical (unpaired) electrons. The van der Waals surface area contributed by atoms with Gasteiger partial charge in [0.15, 0.2) is 5.82 Å². The number of carbonyl (C=O) groups is 1. The second kappa shape index (κ2) is 7.82. The molecular formula is C19H16F2N4O4S. The zero-order valence-corrected chi connectivity index (χ0v) is 16.3. The summed E-state index contributed by atoms with van der Waals surface area (Å²) >= 11 is 0. The minimum absolute atomic E-state index is 0.0315. The molecule has 1 aromatic heterocycles. The van der Waals surface area contributed by atoms with Crippen LogP contribution >= 0.6 is 0 Å². The van der Waals surface area contributed by atoms with Crippen molar-refractivity contribution in [2.75, 3.05) is 6.54 Å². The normalized spacial score (nSPS) is 16.0. The van der Waals surface area contributed by atoms with Gasteiger partial charge < -0.3 is 4.74 Å². The minimum atomic E-state index is -3.66. The maximum absolute atomic E-state index is 13.4. The van der Waals surface area contributed by atoms with E-state index in [1.54, 1.807) is 36.4 Å². The van der Waals surface area contributed by atoms with Gasteiger partial charge in [-0.05, 0) is 24.3 Å². The highest BCUT2D eigenvalue weighted by atomic mass is 32.2. The Labute approximate surface area is 170 Å². The fourth-order valence-electron chi connectivity index (χ4n) is 3.14. The van der Waals surface area contributed by atoms with Crippen LogP contribution in [0.3, 0.4) is 0 Å². The first kappa shape index (κ1) is 20.0. The van der Waals surface area contributed by atoms with E-state index in [2.05, 4.69) is 14.7 Å². The molecule has 0 spiro atoms. The highest BCUT2D eigenvalue weighted by Crippen LogP contribution is 2.24. The van der Waals surface area contributed by atoms with Crippen LogP contribution in [-0.2, 0) is 26.2 Å². The number of halogens is 2. The van der Waals surface area contributed by atoms with E-state index >= 15 is 0 Å². The van der Waals surface area contributed by atoms with Gasteiger partial charge in [-0.25, -0.2) is 13.4 Å². The highest BCUT2D eigenvalue weighted by Gasteiger charge is 2.30. The second-order valence-electron chi connectivity index (χ2n) is 6.41. The summed E-state index contributed by atoms with van der Waals surface area (Å²) in [6.07, 6.45) is -0.150. The number of alkyl halides is 2. The number of fused-ring (bicyclic) bond motifs is 2. The summed E-state index contributed by atoms with van der Waals surface area (Å²) in [5.41, 5.74) is 1.05. The second-order valence-corrected chi connectivity index (χ2v) is 8.06. The lowest BCUT2D eigenvalue weighted by Gasteiger charge is -2.08. The number of hydrogen-bond acceptors (Lipinski definition) is 6. The van der Waals surface area contributed by atoms with Crippen molar-refractivity contribution in [3.8, 4) is 0 Å². The number of sulfonamides is 1. The molecule has 30 heavy (non-hydrogen) atoms. The standard InChI is InChI=1S/C19H16F2N4O4S/c20-19(21)25-14-7-3-2-6-13(14)23-16(25)11-29-17(26)9-10-22-18-12-5-1-4-8-15(12)30(27,28)24-18/h1-8,19H,9-11H2,(H,22,24). The molecule has 1 N–H and O–H groups in total. The molecule has 2 aromatic carbocycles. The number of aliphatic imine (C=N–C) groups is 1. The lowest BCUT2D eigenvalue weighted by atomic mass is 10.2. The van der Waals surface area contributed by atoms with Crippen molar-refractivity contribution in [2.45, 2.75) is 24.5 Å². The Morgan fingerprint density at radius 3 is 2.70 bits per heavy atom. The van der Waals surface area contributed by atoms with Crippen molar-refractivity contribution in [3.05, 3.63) is 59.9 Å². The van der Waals surface area contributed by atoms with Crippen LogP contribution in [0.2, 0.25) is 0 Å². The largest absolute Gasteiger partial charge is 0.457 e. The first-order chi connectivity index (χ1) is 14.4. The maximum atomic E-state index is 13.4. The van der Waals surface area contributed by atoms with Gasteiger partial charge in [0.05, 0.1) is 28.9 Å². The molecule has 2 heterocycles. The number of carbonyl (C=O) groups excluding carboxylic acids is 1. The summed E-state index contributed by atoms with van der Waals surface area (Å²) in [6, 6.07) is 12.8. The summed E-state index contributed by atoms with van der Waals surface area (Å²) in [6.45, 7) is -3.27. The third-order valence-electron chi connectivity index (χ3n) is 4.47. The summed E-state index contributed by atoms with van der Waals surface area (Å²) in [4.78, 5) is 20.3. The molecule has 0 unspecified atom stereocenters. The van der Waals surface area contributed by atoms with Gasteiger partial charge in [-0.3, -0.25) is 19.1 Å². The number of para-hydroxylation sites is 2. The molecule has 8 nitrogen and oxygen atoms in total. The summed E-state index contributed by atoms with van der Waals surface area (Å²) in [7, 11) is -3.66. The van der Waals surface area contributed by atoms with E-state index < -0.39 is 29.1 Å². The molecule has 0 saturated carbocycles. The van der Waals surface area contributed by atoms with E-state index in [1.807, 2.05) is 0 Å². The Hall–Kier alpha value is -3.34. The molecule has 3 aromatic rings. The van der Waals surface area contributed by atoms with Crippen molar-refractivity contribution < 1.29 is 26.7 Å². The highest BCUT2D eigenvalue weighted by molar-refractivity contribution is 7.90. The lowest BCUT2D eigenvalue weighted by molar-refractivity contribution is -0.145. The van der Waals surface area contributed by atoms with Gasteiger partial charge in [-0.2, -0.15) is 8.78 Å². The number of aromatic nitrogens is 2. The third kappa shape index (κ3) is 3.75. The SMILES string of the molecule is O=C(CCN=C1NS(=O)(=O)c2ccccc21)OCc1nc2ccccc2n1C(F)F. The molecule has 0 fully saturated rings. The first-order valence-corrected chi connectivity index (χ1v) is 10.4.